The quantitative estimate of drug-likeness (QED) is 0.477. The van der Waals surface area contributed by atoms with Crippen molar-refractivity contribution >= 4 is 11.8 Å². The molecule has 0 aliphatic rings. The molecule has 0 aromatic rings. The van der Waals surface area contributed by atoms with Crippen LogP contribution in [0.3, 0.4) is 0 Å². The molecular weight excluding hydrogens is 222 g/mol. The minimum absolute atomic E-state index is 0.0843. The zero-order chi connectivity index (χ0) is 13.4. The SMILES string of the molecule is C=C(C)C(=O)CCC(O)COC(=O)C(C)NC. The Bertz CT molecular complexity index is 288. The number of Topliss-reactive ketones (excluding diaryl/α,β-unsaturated/α-hetero) is 1. The Morgan fingerprint density at radius 3 is 2.53 bits per heavy atom. The number of hydrogen-bond donors (Lipinski definition) is 2. The fourth-order valence-corrected chi connectivity index (χ4v) is 1.02. The fourth-order valence-electron chi connectivity index (χ4n) is 1.02. The van der Waals surface area contributed by atoms with Gasteiger partial charge < -0.3 is 15.2 Å². The van der Waals surface area contributed by atoms with E-state index in [2.05, 4.69) is 11.9 Å². The van der Waals surface area contributed by atoms with Gasteiger partial charge in [0.15, 0.2) is 5.78 Å². The summed E-state index contributed by atoms with van der Waals surface area (Å²) in [6.45, 7) is 6.72. The highest BCUT2D eigenvalue weighted by Gasteiger charge is 2.15. The first kappa shape index (κ1) is 15.8. The number of rotatable bonds is 8. The number of esters is 1. The van der Waals surface area contributed by atoms with Gasteiger partial charge in [0.05, 0.1) is 6.10 Å². The number of carbonyl (C=O) groups excluding carboxylic acids is 2. The summed E-state index contributed by atoms with van der Waals surface area (Å²) in [5, 5.41) is 12.2. The summed E-state index contributed by atoms with van der Waals surface area (Å²) in [6.07, 6.45) is -0.325. The smallest absolute Gasteiger partial charge is 0.322 e. The molecule has 0 aromatic heterocycles. The van der Waals surface area contributed by atoms with Crippen molar-refractivity contribution in [2.45, 2.75) is 38.8 Å². The molecule has 5 heteroatoms. The number of carbonyl (C=O) groups is 2. The summed E-state index contributed by atoms with van der Waals surface area (Å²) < 4.78 is 4.86. The van der Waals surface area contributed by atoms with E-state index in [1.807, 2.05) is 0 Å². The summed E-state index contributed by atoms with van der Waals surface area (Å²) >= 11 is 0. The first-order valence-corrected chi connectivity index (χ1v) is 5.59. The van der Waals surface area contributed by atoms with E-state index in [0.717, 1.165) is 0 Å². The summed E-state index contributed by atoms with van der Waals surface area (Å²) in [5.74, 6) is -0.503. The number of aliphatic hydroxyl groups excluding tert-OH is 1. The van der Waals surface area contributed by atoms with Crippen LogP contribution in [0.1, 0.15) is 26.7 Å². The van der Waals surface area contributed by atoms with Crippen molar-refractivity contribution in [3.05, 3.63) is 12.2 Å². The maximum atomic E-state index is 11.2. The van der Waals surface area contributed by atoms with Gasteiger partial charge in [0.1, 0.15) is 12.6 Å². The van der Waals surface area contributed by atoms with E-state index in [1.54, 1.807) is 20.9 Å². The Balaban J connectivity index is 3.80. The Labute approximate surface area is 102 Å². The molecule has 0 aromatic carbocycles. The van der Waals surface area contributed by atoms with Crippen molar-refractivity contribution in [3.8, 4) is 0 Å². The molecule has 2 N–H and O–H groups in total. The number of aliphatic hydroxyl groups is 1. The highest BCUT2D eigenvalue weighted by atomic mass is 16.5. The lowest BCUT2D eigenvalue weighted by Crippen LogP contribution is -2.34. The predicted molar refractivity (Wildman–Crippen MR) is 64.5 cm³/mol. The average molecular weight is 243 g/mol. The zero-order valence-electron chi connectivity index (χ0n) is 10.7. The number of likely N-dealkylation sites (N-methyl/N-ethyl adjacent to an activating group) is 1. The summed E-state index contributed by atoms with van der Waals surface area (Å²) in [6, 6.07) is -0.403. The minimum atomic E-state index is -0.814. The Kier molecular flexibility index (Phi) is 7.41. The molecule has 0 amide bonds. The van der Waals surface area contributed by atoms with E-state index in [0.29, 0.717) is 5.57 Å². The lowest BCUT2D eigenvalue weighted by Gasteiger charge is -2.13. The predicted octanol–water partition coefficient (Wildman–Crippen LogP) is 0.424. The van der Waals surface area contributed by atoms with Crippen LogP contribution in [0.5, 0.6) is 0 Å². The Morgan fingerprint density at radius 2 is 2.06 bits per heavy atom. The monoisotopic (exact) mass is 243 g/mol. The second kappa shape index (κ2) is 7.97. The molecule has 0 saturated carbocycles. The highest BCUT2D eigenvalue weighted by Crippen LogP contribution is 2.04. The third kappa shape index (κ3) is 6.86. The van der Waals surface area contributed by atoms with Gasteiger partial charge in [0, 0.05) is 6.42 Å². The maximum Gasteiger partial charge on any atom is 0.322 e. The first-order valence-electron chi connectivity index (χ1n) is 5.59. The molecule has 0 spiro atoms. The van der Waals surface area contributed by atoms with E-state index >= 15 is 0 Å². The molecule has 98 valence electrons. The van der Waals surface area contributed by atoms with E-state index in [-0.39, 0.29) is 25.2 Å². The van der Waals surface area contributed by atoms with Gasteiger partial charge in [0.2, 0.25) is 0 Å². The minimum Gasteiger partial charge on any atom is -0.462 e. The standard InChI is InChI=1S/C12H21NO4/c1-8(2)11(15)6-5-10(14)7-17-12(16)9(3)13-4/h9-10,13-14H,1,5-7H2,2-4H3. The van der Waals surface area contributed by atoms with Crippen LogP contribution in [-0.4, -0.2) is 42.7 Å². The third-order valence-corrected chi connectivity index (χ3v) is 2.39. The largest absolute Gasteiger partial charge is 0.462 e. The van der Waals surface area contributed by atoms with Gasteiger partial charge in [0.25, 0.3) is 0 Å². The summed E-state index contributed by atoms with van der Waals surface area (Å²) in [7, 11) is 1.65. The van der Waals surface area contributed by atoms with Crippen LogP contribution in [0.25, 0.3) is 0 Å². The van der Waals surface area contributed by atoms with Crippen LogP contribution in [0.15, 0.2) is 12.2 Å². The van der Waals surface area contributed by atoms with Gasteiger partial charge in [-0.25, -0.2) is 0 Å². The number of ether oxygens (including phenoxy) is 1. The topological polar surface area (TPSA) is 75.6 Å². The van der Waals surface area contributed by atoms with E-state index in [4.69, 9.17) is 4.74 Å². The van der Waals surface area contributed by atoms with Gasteiger partial charge in [-0.05, 0) is 32.9 Å². The van der Waals surface area contributed by atoms with E-state index < -0.39 is 18.1 Å². The molecule has 2 atom stereocenters. The molecule has 17 heavy (non-hydrogen) atoms. The number of hydrogen-bond acceptors (Lipinski definition) is 5. The van der Waals surface area contributed by atoms with Crippen LogP contribution in [0.4, 0.5) is 0 Å². The molecule has 0 rings (SSSR count). The molecule has 0 aliphatic carbocycles. The van der Waals surface area contributed by atoms with Gasteiger partial charge in [-0.3, -0.25) is 9.59 Å². The van der Waals surface area contributed by atoms with Crippen molar-refractivity contribution in [2.75, 3.05) is 13.7 Å². The normalized spacial score (nSPS) is 13.9. The van der Waals surface area contributed by atoms with Gasteiger partial charge in [-0.1, -0.05) is 6.58 Å². The molecule has 0 fully saturated rings. The van der Waals surface area contributed by atoms with Crippen LogP contribution >= 0.6 is 0 Å². The molecule has 0 bridgehead atoms. The van der Waals surface area contributed by atoms with Crippen molar-refractivity contribution in [3.63, 3.8) is 0 Å². The van der Waals surface area contributed by atoms with Crippen molar-refractivity contribution in [1.82, 2.24) is 5.32 Å². The second-order valence-corrected chi connectivity index (χ2v) is 4.04. The molecule has 0 aliphatic heterocycles. The van der Waals surface area contributed by atoms with Crippen LogP contribution < -0.4 is 5.32 Å². The molecule has 0 heterocycles. The third-order valence-electron chi connectivity index (χ3n) is 2.39. The zero-order valence-corrected chi connectivity index (χ0v) is 10.7. The lowest BCUT2D eigenvalue weighted by molar-refractivity contribution is -0.148. The van der Waals surface area contributed by atoms with Gasteiger partial charge >= 0.3 is 5.97 Å². The average Bonchev–Trinajstić information content (AvgIpc) is 2.31. The van der Waals surface area contributed by atoms with Gasteiger partial charge in [-0.15, -0.1) is 0 Å². The number of allylic oxidation sites excluding steroid dienone is 1. The Hall–Kier alpha value is -1.20. The van der Waals surface area contributed by atoms with Crippen molar-refractivity contribution < 1.29 is 19.4 Å². The van der Waals surface area contributed by atoms with Crippen molar-refractivity contribution in [2.24, 2.45) is 0 Å². The lowest BCUT2D eigenvalue weighted by atomic mass is 10.1. The van der Waals surface area contributed by atoms with E-state index in [1.165, 1.54) is 0 Å². The van der Waals surface area contributed by atoms with Crippen LogP contribution in [0, 0.1) is 0 Å². The second-order valence-electron chi connectivity index (χ2n) is 4.04. The fraction of sp³-hybridized carbons (Fsp3) is 0.667. The van der Waals surface area contributed by atoms with E-state index in [9.17, 15) is 14.7 Å². The van der Waals surface area contributed by atoms with Gasteiger partial charge in [-0.2, -0.15) is 0 Å². The highest BCUT2D eigenvalue weighted by molar-refractivity contribution is 5.94. The number of ketones is 1. The Morgan fingerprint density at radius 1 is 1.47 bits per heavy atom. The van der Waals surface area contributed by atoms with Crippen LogP contribution in [-0.2, 0) is 14.3 Å². The molecule has 2 unspecified atom stereocenters. The molecule has 0 radical (unpaired) electrons. The molecule has 0 saturated heterocycles. The number of nitrogens with one attached hydrogen (secondary N) is 1. The summed E-state index contributed by atoms with van der Waals surface area (Å²) in [4.78, 5) is 22.5. The maximum absolute atomic E-state index is 11.2. The summed E-state index contributed by atoms with van der Waals surface area (Å²) in [5.41, 5.74) is 0.470. The van der Waals surface area contributed by atoms with Crippen LogP contribution in [0.2, 0.25) is 0 Å². The molecule has 5 nitrogen and oxygen atoms in total. The van der Waals surface area contributed by atoms with Crippen molar-refractivity contribution in [1.29, 1.82) is 0 Å². The molecular formula is C12H21NO4. The first-order chi connectivity index (χ1) is 7.88.